The van der Waals surface area contributed by atoms with Gasteiger partial charge >= 0.3 is 17.8 Å². The van der Waals surface area contributed by atoms with Gasteiger partial charge in [0.05, 0.1) is 26.0 Å². The Bertz CT molecular complexity index is 1220. The number of hydrogen-bond acceptors (Lipinski definition) is 7. The Labute approximate surface area is 196 Å². The van der Waals surface area contributed by atoms with Crippen molar-refractivity contribution in [3.63, 3.8) is 0 Å². The molecule has 0 aliphatic rings. The van der Waals surface area contributed by atoms with Gasteiger partial charge in [0, 0.05) is 5.69 Å². The fourth-order valence-electron chi connectivity index (χ4n) is 2.86. The van der Waals surface area contributed by atoms with E-state index < -0.39 is 17.8 Å². The number of anilines is 1. The molecule has 0 heterocycles. The van der Waals surface area contributed by atoms with Gasteiger partial charge in [-0.25, -0.2) is 10.2 Å². The first-order valence-electron chi connectivity index (χ1n) is 10.1. The normalized spacial score (nSPS) is 10.4. The molecule has 3 aromatic carbocycles. The van der Waals surface area contributed by atoms with Crippen molar-refractivity contribution >= 4 is 29.7 Å². The SMILES string of the molecule is COc1ccc(C(=O)Oc2ccc(C=NNC(=O)C(=O)Nc3cccc(C)c3)cc2OC)cc1. The number of esters is 1. The molecule has 2 amide bonds. The molecule has 174 valence electrons. The largest absolute Gasteiger partial charge is 0.497 e. The summed E-state index contributed by atoms with van der Waals surface area (Å²) in [7, 11) is 2.97. The smallest absolute Gasteiger partial charge is 0.343 e. The van der Waals surface area contributed by atoms with Gasteiger partial charge in [-0.15, -0.1) is 0 Å². The van der Waals surface area contributed by atoms with E-state index in [4.69, 9.17) is 14.2 Å². The molecule has 34 heavy (non-hydrogen) atoms. The number of hydrazone groups is 1. The zero-order chi connectivity index (χ0) is 24.5. The first-order valence-corrected chi connectivity index (χ1v) is 10.1. The van der Waals surface area contributed by atoms with Gasteiger partial charge in [0.2, 0.25) is 0 Å². The monoisotopic (exact) mass is 461 g/mol. The van der Waals surface area contributed by atoms with Gasteiger partial charge in [-0.1, -0.05) is 12.1 Å². The number of ether oxygens (including phenoxy) is 3. The van der Waals surface area contributed by atoms with E-state index in [9.17, 15) is 14.4 Å². The maximum absolute atomic E-state index is 12.4. The van der Waals surface area contributed by atoms with Crippen LogP contribution < -0.4 is 25.0 Å². The van der Waals surface area contributed by atoms with Gasteiger partial charge in [0.1, 0.15) is 5.75 Å². The summed E-state index contributed by atoms with van der Waals surface area (Å²) in [5.41, 5.74) is 4.51. The van der Waals surface area contributed by atoms with E-state index in [1.54, 1.807) is 54.6 Å². The van der Waals surface area contributed by atoms with Crippen LogP contribution in [0.4, 0.5) is 5.69 Å². The molecule has 9 nitrogen and oxygen atoms in total. The summed E-state index contributed by atoms with van der Waals surface area (Å²) < 4.78 is 15.8. The first kappa shape index (κ1) is 24.0. The second-order valence-corrected chi connectivity index (χ2v) is 7.05. The van der Waals surface area contributed by atoms with Gasteiger partial charge in [0.15, 0.2) is 11.5 Å². The van der Waals surface area contributed by atoms with E-state index in [2.05, 4.69) is 15.8 Å². The van der Waals surface area contributed by atoms with Gasteiger partial charge in [-0.05, 0) is 72.6 Å². The minimum absolute atomic E-state index is 0.210. The highest BCUT2D eigenvalue weighted by atomic mass is 16.6. The topological polar surface area (TPSA) is 115 Å². The van der Waals surface area contributed by atoms with Crippen LogP contribution in [-0.4, -0.2) is 38.2 Å². The van der Waals surface area contributed by atoms with Crippen molar-refractivity contribution in [1.82, 2.24) is 5.43 Å². The number of nitrogens with one attached hydrogen (secondary N) is 2. The fourth-order valence-corrected chi connectivity index (χ4v) is 2.86. The molecule has 2 N–H and O–H groups in total. The lowest BCUT2D eigenvalue weighted by Gasteiger charge is -2.10. The summed E-state index contributed by atoms with van der Waals surface area (Å²) in [5.74, 6) is -1.21. The summed E-state index contributed by atoms with van der Waals surface area (Å²) in [6.07, 6.45) is 1.33. The third-order valence-corrected chi connectivity index (χ3v) is 4.58. The molecule has 0 bridgehead atoms. The standard InChI is InChI=1S/C25H23N3O6/c1-16-5-4-6-19(13-16)27-23(29)24(30)28-26-15-17-7-12-21(22(14-17)33-3)34-25(31)18-8-10-20(32-2)11-9-18/h4-15H,1-3H3,(H,27,29)(H,28,30). The lowest BCUT2D eigenvalue weighted by Crippen LogP contribution is -2.32. The Hall–Kier alpha value is -4.66. The highest BCUT2D eigenvalue weighted by Crippen LogP contribution is 2.28. The minimum Gasteiger partial charge on any atom is -0.497 e. The van der Waals surface area contributed by atoms with Crippen molar-refractivity contribution in [2.45, 2.75) is 6.92 Å². The molecule has 3 aromatic rings. The number of benzene rings is 3. The van der Waals surface area contributed by atoms with E-state index in [0.717, 1.165) is 5.56 Å². The van der Waals surface area contributed by atoms with Crippen molar-refractivity contribution < 1.29 is 28.6 Å². The van der Waals surface area contributed by atoms with Crippen LogP contribution in [0.3, 0.4) is 0 Å². The second-order valence-electron chi connectivity index (χ2n) is 7.05. The second kappa shape index (κ2) is 11.3. The van der Waals surface area contributed by atoms with Crippen LogP contribution in [0, 0.1) is 6.92 Å². The zero-order valence-electron chi connectivity index (χ0n) is 18.8. The third kappa shape index (κ3) is 6.42. The molecule has 0 aromatic heterocycles. The lowest BCUT2D eigenvalue weighted by atomic mass is 10.2. The molecular formula is C25H23N3O6. The first-order chi connectivity index (χ1) is 16.4. The predicted molar refractivity (Wildman–Crippen MR) is 126 cm³/mol. The number of rotatable bonds is 7. The molecular weight excluding hydrogens is 438 g/mol. The number of nitrogens with zero attached hydrogens (tertiary/aromatic N) is 1. The number of methoxy groups -OCH3 is 2. The van der Waals surface area contributed by atoms with E-state index in [-0.39, 0.29) is 11.5 Å². The Balaban J connectivity index is 1.60. The van der Waals surface area contributed by atoms with Crippen LogP contribution >= 0.6 is 0 Å². The lowest BCUT2D eigenvalue weighted by molar-refractivity contribution is -0.136. The Morgan fingerprint density at radius 1 is 0.853 bits per heavy atom. The Kier molecular flexibility index (Phi) is 7.96. The van der Waals surface area contributed by atoms with E-state index in [1.807, 2.05) is 13.0 Å². The summed E-state index contributed by atoms with van der Waals surface area (Å²) in [6.45, 7) is 1.87. The summed E-state index contributed by atoms with van der Waals surface area (Å²) in [6, 6.07) is 18.3. The Morgan fingerprint density at radius 2 is 1.62 bits per heavy atom. The maximum atomic E-state index is 12.4. The molecule has 0 unspecified atom stereocenters. The van der Waals surface area contributed by atoms with Crippen molar-refractivity contribution in [3.8, 4) is 17.2 Å². The van der Waals surface area contributed by atoms with E-state index >= 15 is 0 Å². The van der Waals surface area contributed by atoms with Crippen LogP contribution in [0.2, 0.25) is 0 Å². The van der Waals surface area contributed by atoms with E-state index in [1.165, 1.54) is 26.5 Å². The third-order valence-electron chi connectivity index (χ3n) is 4.58. The number of amides is 2. The molecule has 0 fully saturated rings. The molecule has 0 atom stereocenters. The minimum atomic E-state index is -0.922. The zero-order valence-corrected chi connectivity index (χ0v) is 18.8. The average molecular weight is 461 g/mol. The summed E-state index contributed by atoms with van der Waals surface area (Å²) in [5, 5.41) is 6.29. The molecule has 0 radical (unpaired) electrons. The molecule has 0 saturated carbocycles. The predicted octanol–water partition coefficient (Wildman–Crippen LogP) is 3.32. The van der Waals surface area contributed by atoms with Gasteiger partial charge in [-0.3, -0.25) is 9.59 Å². The van der Waals surface area contributed by atoms with Crippen LogP contribution in [0.25, 0.3) is 0 Å². The van der Waals surface area contributed by atoms with Crippen molar-refractivity contribution in [3.05, 3.63) is 83.4 Å². The highest BCUT2D eigenvalue weighted by Gasteiger charge is 2.14. The molecule has 0 aliphatic carbocycles. The van der Waals surface area contributed by atoms with Crippen molar-refractivity contribution in [2.75, 3.05) is 19.5 Å². The van der Waals surface area contributed by atoms with Gasteiger partial charge < -0.3 is 19.5 Å². The van der Waals surface area contributed by atoms with Crippen LogP contribution in [0.15, 0.2) is 71.8 Å². The van der Waals surface area contributed by atoms with E-state index in [0.29, 0.717) is 22.6 Å². The average Bonchev–Trinajstić information content (AvgIpc) is 2.84. The molecule has 3 rings (SSSR count). The van der Waals surface area contributed by atoms with Crippen LogP contribution in [0.1, 0.15) is 21.5 Å². The number of carbonyl (C=O) groups excluding carboxylic acids is 3. The molecule has 0 spiro atoms. The molecule has 0 aliphatic heterocycles. The number of carbonyl (C=O) groups is 3. The van der Waals surface area contributed by atoms with Crippen molar-refractivity contribution in [2.24, 2.45) is 5.10 Å². The highest BCUT2D eigenvalue weighted by molar-refractivity contribution is 6.39. The molecule has 0 saturated heterocycles. The van der Waals surface area contributed by atoms with Gasteiger partial charge in [-0.2, -0.15) is 5.10 Å². The quantitative estimate of drug-likeness (QED) is 0.183. The fraction of sp³-hybridized carbons (Fsp3) is 0.120. The maximum Gasteiger partial charge on any atom is 0.343 e. The molecule has 9 heteroatoms. The van der Waals surface area contributed by atoms with Crippen molar-refractivity contribution in [1.29, 1.82) is 0 Å². The Morgan fingerprint density at radius 3 is 2.29 bits per heavy atom. The summed E-state index contributed by atoms with van der Waals surface area (Å²) >= 11 is 0. The number of hydrogen-bond donors (Lipinski definition) is 2. The van der Waals surface area contributed by atoms with Crippen LogP contribution in [0.5, 0.6) is 17.2 Å². The summed E-state index contributed by atoms with van der Waals surface area (Å²) in [4.78, 5) is 36.4. The van der Waals surface area contributed by atoms with Gasteiger partial charge in [0.25, 0.3) is 0 Å². The van der Waals surface area contributed by atoms with Crippen LogP contribution in [-0.2, 0) is 9.59 Å². The number of aryl methyl sites for hydroxylation is 1.